The van der Waals surface area contributed by atoms with Crippen molar-refractivity contribution in [1.82, 2.24) is 24.6 Å². The largest absolute Gasteiger partial charge is 0.357 e. The molecular weight excluding hydrogens is 496 g/mol. The van der Waals surface area contributed by atoms with E-state index in [0.717, 1.165) is 54.5 Å². The van der Waals surface area contributed by atoms with Crippen LogP contribution in [0.15, 0.2) is 30.3 Å². The van der Waals surface area contributed by atoms with Gasteiger partial charge in [0.2, 0.25) is 0 Å². The van der Waals surface area contributed by atoms with Crippen LogP contribution >= 0.6 is 11.6 Å². The Bertz CT molecular complexity index is 1370. The average molecular weight is 524 g/mol. The number of halogens is 3. The lowest BCUT2D eigenvalue weighted by molar-refractivity contribution is -0.0558. The highest BCUT2D eigenvalue weighted by Crippen LogP contribution is 2.44. The highest BCUT2D eigenvalue weighted by molar-refractivity contribution is 6.30. The number of aryl methyl sites for hydroxylation is 1. The fraction of sp³-hybridized carbons (Fsp3) is 0.481. The Kier molecular flexibility index (Phi) is 6.12. The van der Waals surface area contributed by atoms with E-state index in [9.17, 15) is 14.0 Å². The second-order valence-corrected chi connectivity index (χ2v) is 10.9. The van der Waals surface area contributed by atoms with Crippen LogP contribution in [0.1, 0.15) is 60.1 Å². The van der Waals surface area contributed by atoms with E-state index in [1.165, 1.54) is 0 Å². The molecule has 3 aliphatic rings. The fourth-order valence-electron chi connectivity index (χ4n) is 5.61. The number of fused-ring (bicyclic) bond motifs is 3. The lowest BCUT2D eigenvalue weighted by atomic mass is 9.95. The molecule has 10 heteroatoms. The standard InChI is InChI=1S/C27H28ClF2N7/c1-17-19(13-31)2-7-24(32-17)36-10-8-18(9-11-36)26-34-33-25-15-35(16-27(29,30)21-3-4-21)14-20-12-22(28)5-6-23(20)37(25)26/h2,5-7,12,18,21H,3-4,8-11,14-16H2,1H3. The van der Waals surface area contributed by atoms with Crippen LogP contribution < -0.4 is 4.90 Å². The van der Waals surface area contributed by atoms with Crippen LogP contribution in [-0.4, -0.2) is 50.2 Å². The molecule has 6 rings (SSSR count). The van der Waals surface area contributed by atoms with Gasteiger partial charge in [-0.05, 0) is 68.5 Å². The Balaban J connectivity index is 1.26. The molecule has 0 radical (unpaired) electrons. The van der Waals surface area contributed by atoms with Crippen molar-refractivity contribution in [2.75, 3.05) is 24.5 Å². The summed E-state index contributed by atoms with van der Waals surface area (Å²) in [6.45, 7) is 3.88. The second-order valence-electron chi connectivity index (χ2n) is 10.4. The van der Waals surface area contributed by atoms with E-state index in [1.54, 1.807) is 4.90 Å². The number of hydrogen-bond acceptors (Lipinski definition) is 6. The van der Waals surface area contributed by atoms with E-state index in [4.69, 9.17) is 11.6 Å². The predicted molar refractivity (Wildman–Crippen MR) is 136 cm³/mol. The molecule has 0 N–H and O–H groups in total. The van der Waals surface area contributed by atoms with Gasteiger partial charge in [0.15, 0.2) is 5.82 Å². The number of nitriles is 1. The van der Waals surface area contributed by atoms with E-state index in [0.29, 0.717) is 42.3 Å². The number of pyridine rings is 1. The van der Waals surface area contributed by atoms with Crippen molar-refractivity contribution in [1.29, 1.82) is 5.26 Å². The van der Waals surface area contributed by atoms with E-state index in [2.05, 4.69) is 30.7 Å². The molecular formula is C27H28ClF2N7. The first-order valence-electron chi connectivity index (χ1n) is 12.8. The topological polar surface area (TPSA) is 73.9 Å². The summed E-state index contributed by atoms with van der Waals surface area (Å²) in [6.07, 6.45) is 2.93. The molecule has 2 fully saturated rings. The number of benzene rings is 1. The first-order valence-corrected chi connectivity index (χ1v) is 13.2. The van der Waals surface area contributed by atoms with Gasteiger partial charge in [0, 0.05) is 36.5 Å². The molecule has 0 atom stereocenters. The fourth-order valence-corrected chi connectivity index (χ4v) is 5.80. The lowest BCUT2D eigenvalue weighted by Crippen LogP contribution is -2.37. The minimum atomic E-state index is -2.71. The van der Waals surface area contributed by atoms with Gasteiger partial charge < -0.3 is 4.90 Å². The van der Waals surface area contributed by atoms with Crippen molar-refractivity contribution in [2.45, 2.75) is 57.5 Å². The van der Waals surface area contributed by atoms with Crippen molar-refractivity contribution in [3.63, 3.8) is 0 Å². The van der Waals surface area contributed by atoms with Crippen molar-refractivity contribution in [3.8, 4) is 11.8 Å². The minimum absolute atomic E-state index is 0.181. The molecule has 3 aromatic rings. The number of piperidine rings is 1. The van der Waals surface area contributed by atoms with Gasteiger partial charge in [0.25, 0.3) is 5.92 Å². The number of hydrogen-bond donors (Lipinski definition) is 0. The smallest absolute Gasteiger partial charge is 0.263 e. The monoisotopic (exact) mass is 523 g/mol. The molecule has 2 aliphatic heterocycles. The summed E-state index contributed by atoms with van der Waals surface area (Å²) in [6, 6.07) is 11.6. The Labute approximate surface area is 219 Å². The molecule has 1 saturated heterocycles. The Morgan fingerprint density at radius 1 is 1.08 bits per heavy atom. The quantitative estimate of drug-likeness (QED) is 0.455. The molecule has 0 amide bonds. The third kappa shape index (κ3) is 4.69. The summed E-state index contributed by atoms with van der Waals surface area (Å²) >= 11 is 6.33. The molecule has 37 heavy (non-hydrogen) atoms. The third-order valence-electron chi connectivity index (χ3n) is 7.78. The van der Waals surface area contributed by atoms with Gasteiger partial charge in [-0.15, -0.1) is 10.2 Å². The van der Waals surface area contributed by atoms with Gasteiger partial charge in [-0.2, -0.15) is 5.26 Å². The maximum absolute atomic E-state index is 14.8. The first-order chi connectivity index (χ1) is 17.8. The number of nitrogens with zero attached hydrogens (tertiary/aromatic N) is 7. The zero-order valence-electron chi connectivity index (χ0n) is 20.7. The molecule has 0 unspecified atom stereocenters. The van der Waals surface area contributed by atoms with Crippen LogP contribution in [0.2, 0.25) is 5.02 Å². The van der Waals surface area contributed by atoms with Crippen LogP contribution in [0.4, 0.5) is 14.6 Å². The molecule has 4 heterocycles. The summed E-state index contributed by atoms with van der Waals surface area (Å²) in [7, 11) is 0. The maximum Gasteiger partial charge on any atom is 0.263 e. The van der Waals surface area contributed by atoms with E-state index < -0.39 is 11.8 Å². The summed E-state index contributed by atoms with van der Waals surface area (Å²) in [5.74, 6) is -0.598. The van der Waals surface area contributed by atoms with Crippen molar-refractivity contribution in [2.24, 2.45) is 5.92 Å². The molecule has 1 aromatic carbocycles. The maximum atomic E-state index is 14.8. The minimum Gasteiger partial charge on any atom is -0.357 e. The third-order valence-corrected chi connectivity index (χ3v) is 8.02. The SMILES string of the molecule is Cc1nc(N2CCC(c3nnc4n3-c3ccc(Cl)cc3CN(CC(F)(F)C3CC3)C4)CC2)ccc1C#N. The number of alkyl halides is 2. The second kappa shape index (κ2) is 9.34. The Hall–Kier alpha value is -3.09. The highest BCUT2D eigenvalue weighted by atomic mass is 35.5. The van der Waals surface area contributed by atoms with Crippen LogP contribution in [0.3, 0.4) is 0 Å². The summed E-state index contributed by atoms with van der Waals surface area (Å²) < 4.78 is 31.6. The predicted octanol–water partition coefficient (Wildman–Crippen LogP) is 5.24. The lowest BCUT2D eigenvalue weighted by Gasteiger charge is -2.32. The Morgan fingerprint density at radius 3 is 2.57 bits per heavy atom. The molecule has 1 aliphatic carbocycles. The normalized spacial score (nSPS) is 18.7. The van der Waals surface area contributed by atoms with Crippen molar-refractivity contribution >= 4 is 17.4 Å². The van der Waals surface area contributed by atoms with Gasteiger partial charge in [-0.3, -0.25) is 9.47 Å². The van der Waals surface area contributed by atoms with Crippen LogP contribution in [0, 0.1) is 24.2 Å². The van der Waals surface area contributed by atoms with Gasteiger partial charge in [0.05, 0.1) is 30.0 Å². The van der Waals surface area contributed by atoms with E-state index in [1.807, 2.05) is 37.3 Å². The summed E-state index contributed by atoms with van der Waals surface area (Å²) in [5, 5.41) is 18.9. The summed E-state index contributed by atoms with van der Waals surface area (Å²) in [5.41, 5.74) is 3.15. The molecule has 192 valence electrons. The van der Waals surface area contributed by atoms with Gasteiger partial charge in [0.1, 0.15) is 17.7 Å². The molecule has 2 aromatic heterocycles. The van der Waals surface area contributed by atoms with E-state index >= 15 is 0 Å². The van der Waals surface area contributed by atoms with Crippen LogP contribution in [0.25, 0.3) is 5.69 Å². The molecule has 0 bridgehead atoms. The summed E-state index contributed by atoms with van der Waals surface area (Å²) in [4.78, 5) is 8.64. The van der Waals surface area contributed by atoms with Crippen LogP contribution in [-0.2, 0) is 13.1 Å². The molecule has 7 nitrogen and oxygen atoms in total. The highest BCUT2D eigenvalue weighted by Gasteiger charge is 2.48. The van der Waals surface area contributed by atoms with E-state index in [-0.39, 0.29) is 12.5 Å². The van der Waals surface area contributed by atoms with Crippen molar-refractivity contribution < 1.29 is 8.78 Å². The van der Waals surface area contributed by atoms with Gasteiger partial charge >= 0.3 is 0 Å². The number of anilines is 1. The van der Waals surface area contributed by atoms with Gasteiger partial charge in [-0.25, -0.2) is 13.8 Å². The van der Waals surface area contributed by atoms with Crippen molar-refractivity contribution in [3.05, 3.63) is 63.8 Å². The number of aromatic nitrogens is 4. The zero-order valence-corrected chi connectivity index (χ0v) is 21.4. The Morgan fingerprint density at radius 2 is 1.86 bits per heavy atom. The van der Waals surface area contributed by atoms with Crippen LogP contribution in [0.5, 0.6) is 0 Å². The van der Waals surface area contributed by atoms with Gasteiger partial charge in [-0.1, -0.05) is 11.6 Å². The molecule has 1 saturated carbocycles. The average Bonchev–Trinajstić information content (AvgIpc) is 3.68. The zero-order chi connectivity index (χ0) is 25.7. The molecule has 0 spiro atoms. The number of rotatable bonds is 5. The first kappa shape index (κ1) is 24.3.